The quantitative estimate of drug-likeness (QED) is 0.631. The monoisotopic (exact) mass is 287 g/mol. The van der Waals surface area contributed by atoms with E-state index in [1.165, 1.54) is 11.3 Å². The molecule has 1 unspecified atom stereocenters. The van der Waals surface area contributed by atoms with Crippen LogP contribution in [-0.4, -0.2) is 14.8 Å². The van der Waals surface area contributed by atoms with Gasteiger partial charge in [0.15, 0.2) is 0 Å². The summed E-state index contributed by atoms with van der Waals surface area (Å²) in [6, 6.07) is 6.42. The summed E-state index contributed by atoms with van der Waals surface area (Å²) in [4.78, 5) is 4.42. The first-order chi connectivity index (χ1) is 10.1. The van der Waals surface area contributed by atoms with Gasteiger partial charge >= 0.3 is 0 Å². The molecule has 2 aromatic rings. The summed E-state index contributed by atoms with van der Waals surface area (Å²) in [5, 5.41) is 4.60. The van der Waals surface area contributed by atoms with Crippen LogP contribution in [0.4, 0.5) is 0 Å². The van der Waals surface area contributed by atoms with Crippen molar-refractivity contribution in [3.8, 4) is 0 Å². The minimum absolute atomic E-state index is 0.0668. The van der Waals surface area contributed by atoms with E-state index in [9.17, 15) is 0 Å². The molecule has 0 bridgehead atoms. The van der Waals surface area contributed by atoms with Crippen molar-refractivity contribution in [2.24, 2.45) is 5.84 Å². The Morgan fingerprint density at radius 3 is 2.38 bits per heavy atom. The van der Waals surface area contributed by atoms with Crippen LogP contribution < -0.4 is 11.3 Å². The van der Waals surface area contributed by atoms with Crippen molar-refractivity contribution >= 4 is 0 Å². The molecule has 0 saturated heterocycles. The van der Waals surface area contributed by atoms with Crippen molar-refractivity contribution in [1.29, 1.82) is 0 Å². The first-order valence-corrected chi connectivity index (χ1v) is 7.54. The molecule has 5 nitrogen and oxygen atoms in total. The average molecular weight is 287 g/mol. The summed E-state index contributed by atoms with van der Waals surface area (Å²) in [7, 11) is 0. The number of nitrogens with zero attached hydrogens (tertiary/aromatic N) is 3. The molecule has 0 fully saturated rings. The Bertz CT molecular complexity index is 582. The Balaban J connectivity index is 2.28. The minimum Gasteiger partial charge on any atom is -0.271 e. The van der Waals surface area contributed by atoms with E-state index in [1.54, 1.807) is 0 Å². The maximum atomic E-state index is 5.78. The second kappa shape index (κ2) is 6.83. The molecule has 114 valence electrons. The topological polar surface area (TPSA) is 68.8 Å². The zero-order chi connectivity index (χ0) is 15.4. The average Bonchev–Trinajstić information content (AvgIpc) is 2.85. The highest BCUT2D eigenvalue weighted by Crippen LogP contribution is 2.20. The van der Waals surface area contributed by atoms with Gasteiger partial charge in [-0.2, -0.15) is 5.10 Å². The molecule has 5 heteroatoms. The number of hydrazine groups is 1. The molecule has 0 spiro atoms. The van der Waals surface area contributed by atoms with Gasteiger partial charge in [0.25, 0.3) is 0 Å². The molecule has 3 N–H and O–H groups in total. The number of rotatable bonds is 6. The Morgan fingerprint density at radius 2 is 1.86 bits per heavy atom. The predicted molar refractivity (Wildman–Crippen MR) is 84.8 cm³/mol. The van der Waals surface area contributed by atoms with Crippen molar-refractivity contribution in [3.05, 3.63) is 46.5 Å². The summed E-state index contributed by atoms with van der Waals surface area (Å²) in [5.41, 5.74) is 8.48. The van der Waals surface area contributed by atoms with Crippen molar-refractivity contribution in [2.45, 2.75) is 53.1 Å². The van der Waals surface area contributed by atoms with Gasteiger partial charge in [0.1, 0.15) is 0 Å². The van der Waals surface area contributed by atoms with E-state index in [0.29, 0.717) is 0 Å². The van der Waals surface area contributed by atoms with Gasteiger partial charge < -0.3 is 0 Å². The number of aryl methyl sites for hydroxylation is 4. The third-order valence-electron chi connectivity index (χ3n) is 3.70. The second-order valence-corrected chi connectivity index (χ2v) is 5.40. The predicted octanol–water partition coefficient (Wildman–Crippen LogP) is 2.22. The maximum absolute atomic E-state index is 5.78. The highest BCUT2D eigenvalue weighted by Gasteiger charge is 2.15. The molecule has 0 radical (unpaired) electrons. The number of nitrogens with one attached hydrogen (secondary N) is 1. The lowest BCUT2D eigenvalue weighted by molar-refractivity contribution is 0.515. The van der Waals surface area contributed by atoms with Gasteiger partial charge in [0.2, 0.25) is 0 Å². The van der Waals surface area contributed by atoms with Gasteiger partial charge in [-0.05, 0) is 51.0 Å². The minimum atomic E-state index is 0.0668. The van der Waals surface area contributed by atoms with E-state index >= 15 is 0 Å². The van der Waals surface area contributed by atoms with Crippen LogP contribution in [0.2, 0.25) is 0 Å². The highest BCUT2D eigenvalue weighted by molar-refractivity contribution is 5.25. The maximum Gasteiger partial charge on any atom is 0.0624 e. The van der Waals surface area contributed by atoms with E-state index < -0.39 is 0 Å². The number of nitrogens with two attached hydrogens (primary N) is 1. The number of aromatic nitrogens is 3. The smallest absolute Gasteiger partial charge is 0.0624 e. The van der Waals surface area contributed by atoms with Crippen molar-refractivity contribution in [1.82, 2.24) is 20.2 Å². The molecule has 0 aromatic carbocycles. The van der Waals surface area contributed by atoms with Gasteiger partial charge in [-0.25, -0.2) is 0 Å². The third kappa shape index (κ3) is 3.68. The Morgan fingerprint density at radius 1 is 1.19 bits per heavy atom. The molecular weight excluding hydrogens is 262 g/mol. The lowest BCUT2D eigenvalue weighted by Gasteiger charge is -2.18. The molecule has 1 atom stereocenters. The van der Waals surface area contributed by atoms with Crippen LogP contribution >= 0.6 is 0 Å². The van der Waals surface area contributed by atoms with Crippen LogP contribution in [-0.2, 0) is 19.4 Å². The fraction of sp³-hybridized carbons (Fsp3) is 0.500. The van der Waals surface area contributed by atoms with Crippen LogP contribution in [0, 0.1) is 13.8 Å². The summed E-state index contributed by atoms with van der Waals surface area (Å²) in [6.45, 7) is 9.13. The number of hydrogen-bond acceptors (Lipinski definition) is 4. The number of pyridine rings is 1. The van der Waals surface area contributed by atoms with Crippen LogP contribution in [0.1, 0.15) is 48.2 Å². The van der Waals surface area contributed by atoms with Gasteiger partial charge in [-0.15, -0.1) is 0 Å². The molecule has 2 aromatic heterocycles. The SMILES string of the molecule is CCc1cc(CC(NN)c2cc(C)nc(C)c2)n(CC)n1. The zero-order valence-electron chi connectivity index (χ0n) is 13.3. The van der Waals surface area contributed by atoms with Crippen LogP contribution in [0.5, 0.6) is 0 Å². The molecule has 0 aliphatic rings. The third-order valence-corrected chi connectivity index (χ3v) is 3.70. The Kier molecular flexibility index (Phi) is 5.09. The molecule has 0 aliphatic heterocycles. The Labute approximate surface area is 126 Å². The van der Waals surface area contributed by atoms with Crippen molar-refractivity contribution in [3.63, 3.8) is 0 Å². The van der Waals surface area contributed by atoms with E-state index in [2.05, 4.69) is 52.2 Å². The van der Waals surface area contributed by atoms with E-state index in [-0.39, 0.29) is 6.04 Å². The second-order valence-electron chi connectivity index (χ2n) is 5.40. The molecule has 21 heavy (non-hydrogen) atoms. The summed E-state index contributed by atoms with van der Waals surface area (Å²) >= 11 is 0. The molecular formula is C16H25N5. The van der Waals surface area contributed by atoms with Crippen LogP contribution in [0.15, 0.2) is 18.2 Å². The highest BCUT2D eigenvalue weighted by atomic mass is 15.3. The van der Waals surface area contributed by atoms with Gasteiger partial charge in [0.05, 0.1) is 11.7 Å². The molecule has 2 rings (SSSR count). The molecule has 0 saturated carbocycles. The van der Waals surface area contributed by atoms with Crippen LogP contribution in [0.3, 0.4) is 0 Å². The van der Waals surface area contributed by atoms with Crippen LogP contribution in [0.25, 0.3) is 0 Å². The van der Waals surface area contributed by atoms with Gasteiger partial charge in [-0.3, -0.25) is 20.9 Å². The lowest BCUT2D eigenvalue weighted by Crippen LogP contribution is -2.30. The fourth-order valence-corrected chi connectivity index (χ4v) is 2.68. The van der Waals surface area contributed by atoms with E-state index in [0.717, 1.165) is 36.5 Å². The largest absolute Gasteiger partial charge is 0.271 e. The Hall–Kier alpha value is -1.72. The molecule has 2 heterocycles. The van der Waals surface area contributed by atoms with Crippen molar-refractivity contribution in [2.75, 3.05) is 0 Å². The zero-order valence-corrected chi connectivity index (χ0v) is 13.3. The van der Waals surface area contributed by atoms with E-state index in [4.69, 9.17) is 5.84 Å². The lowest BCUT2D eigenvalue weighted by atomic mass is 10.0. The summed E-state index contributed by atoms with van der Waals surface area (Å²) in [5.74, 6) is 5.78. The normalized spacial score (nSPS) is 12.6. The fourth-order valence-electron chi connectivity index (χ4n) is 2.68. The molecule has 0 amide bonds. The summed E-state index contributed by atoms with van der Waals surface area (Å²) < 4.78 is 2.06. The first-order valence-electron chi connectivity index (χ1n) is 7.54. The standard InChI is InChI=1S/C16H25N5/c1-5-14-9-15(21(6-2)20-14)10-16(19-17)13-7-11(3)18-12(4)8-13/h7-9,16,19H,5-6,10,17H2,1-4H3. The first kappa shape index (κ1) is 15.7. The van der Waals surface area contributed by atoms with Gasteiger partial charge in [-0.1, -0.05) is 6.92 Å². The van der Waals surface area contributed by atoms with Crippen molar-refractivity contribution < 1.29 is 0 Å². The molecule has 0 aliphatic carbocycles. The summed E-state index contributed by atoms with van der Waals surface area (Å²) in [6.07, 6.45) is 1.77. The number of hydrogen-bond donors (Lipinski definition) is 2. The van der Waals surface area contributed by atoms with E-state index in [1.807, 2.05) is 13.8 Å². The van der Waals surface area contributed by atoms with Gasteiger partial charge in [0, 0.05) is 30.0 Å².